The van der Waals surface area contributed by atoms with Crippen molar-refractivity contribution in [3.05, 3.63) is 28.5 Å². The molecule has 0 spiro atoms. The van der Waals surface area contributed by atoms with Crippen LogP contribution in [-0.2, 0) is 0 Å². The van der Waals surface area contributed by atoms with Crippen LogP contribution in [0.5, 0.6) is 0 Å². The number of aromatic amines is 1. The Morgan fingerprint density at radius 1 is 1.55 bits per heavy atom. The van der Waals surface area contributed by atoms with Gasteiger partial charge in [0.25, 0.3) is 5.91 Å². The van der Waals surface area contributed by atoms with Crippen molar-refractivity contribution in [2.75, 3.05) is 19.6 Å². The Labute approximate surface area is 138 Å². The van der Waals surface area contributed by atoms with Crippen LogP contribution in [0.1, 0.15) is 30.6 Å². The smallest absolute Gasteiger partial charge is 0.253 e. The van der Waals surface area contributed by atoms with E-state index in [1.807, 2.05) is 6.07 Å². The predicted octanol–water partition coefficient (Wildman–Crippen LogP) is 2.69. The average molecular weight is 365 g/mol. The topological polar surface area (TPSA) is 69.8 Å². The lowest BCUT2D eigenvalue weighted by molar-refractivity contribution is 0.0937. The Hall–Kier alpha value is -1.40. The highest BCUT2D eigenvalue weighted by Gasteiger charge is 2.28. The molecule has 1 atom stereocenters. The Balaban J connectivity index is 1.67. The summed E-state index contributed by atoms with van der Waals surface area (Å²) in [5.74, 6) is 0.428. The van der Waals surface area contributed by atoms with Crippen LogP contribution < -0.4 is 10.6 Å². The van der Waals surface area contributed by atoms with Gasteiger partial charge >= 0.3 is 0 Å². The number of nitrogens with zero attached hydrogens (tertiary/aromatic N) is 1. The highest BCUT2D eigenvalue weighted by molar-refractivity contribution is 9.10. The van der Waals surface area contributed by atoms with Gasteiger partial charge in [0.15, 0.2) is 0 Å². The first-order valence-corrected chi connectivity index (χ1v) is 8.35. The number of nitrogens with one attached hydrogen (secondary N) is 3. The quantitative estimate of drug-likeness (QED) is 0.783. The molecule has 0 bridgehead atoms. The predicted molar refractivity (Wildman–Crippen MR) is 90.9 cm³/mol. The van der Waals surface area contributed by atoms with E-state index in [0.29, 0.717) is 23.4 Å². The normalized spacial score (nSPS) is 21.0. The molecule has 5 nitrogen and oxygen atoms in total. The van der Waals surface area contributed by atoms with Gasteiger partial charge in [-0.1, -0.05) is 13.8 Å². The van der Waals surface area contributed by atoms with E-state index in [9.17, 15) is 4.79 Å². The zero-order valence-electron chi connectivity index (χ0n) is 12.9. The van der Waals surface area contributed by atoms with Gasteiger partial charge in [-0.15, -0.1) is 0 Å². The number of aromatic nitrogens is 2. The SMILES string of the molecule is CC1(C)CNCC(CNC(=O)c2c[nH]c3ncc(Br)cc23)C1. The van der Waals surface area contributed by atoms with E-state index < -0.39 is 0 Å². The number of hydrogen-bond acceptors (Lipinski definition) is 3. The van der Waals surface area contributed by atoms with Crippen LogP contribution in [0.25, 0.3) is 11.0 Å². The second kappa shape index (κ2) is 6.01. The third-order valence-corrected chi connectivity index (χ3v) is 4.61. The summed E-state index contributed by atoms with van der Waals surface area (Å²) >= 11 is 3.40. The monoisotopic (exact) mass is 364 g/mol. The molecule has 1 saturated heterocycles. The molecule has 0 aromatic carbocycles. The summed E-state index contributed by atoms with van der Waals surface area (Å²) in [5, 5.41) is 7.35. The summed E-state index contributed by atoms with van der Waals surface area (Å²) in [5.41, 5.74) is 1.67. The second-order valence-corrected chi connectivity index (χ2v) is 7.74. The summed E-state index contributed by atoms with van der Waals surface area (Å²) in [6.45, 7) is 7.22. The van der Waals surface area contributed by atoms with Crippen LogP contribution in [0.4, 0.5) is 0 Å². The van der Waals surface area contributed by atoms with Gasteiger partial charge in [-0.2, -0.15) is 0 Å². The van der Waals surface area contributed by atoms with Gasteiger partial charge in [-0.25, -0.2) is 4.98 Å². The summed E-state index contributed by atoms with van der Waals surface area (Å²) in [6.07, 6.45) is 4.57. The number of rotatable bonds is 3. The molecule has 1 amide bonds. The fraction of sp³-hybridized carbons (Fsp3) is 0.500. The van der Waals surface area contributed by atoms with Crippen LogP contribution >= 0.6 is 15.9 Å². The van der Waals surface area contributed by atoms with E-state index in [1.165, 1.54) is 0 Å². The number of pyridine rings is 1. The molecular weight excluding hydrogens is 344 g/mol. The molecule has 2 aromatic rings. The molecule has 0 saturated carbocycles. The number of carbonyl (C=O) groups is 1. The molecule has 22 heavy (non-hydrogen) atoms. The molecule has 0 aliphatic carbocycles. The molecule has 1 aliphatic rings. The molecule has 118 valence electrons. The van der Waals surface area contributed by atoms with Crippen molar-refractivity contribution in [2.45, 2.75) is 20.3 Å². The molecule has 2 aromatic heterocycles. The molecule has 1 aliphatic heterocycles. The van der Waals surface area contributed by atoms with Crippen molar-refractivity contribution < 1.29 is 4.79 Å². The van der Waals surface area contributed by atoms with Crippen LogP contribution in [0.3, 0.4) is 0 Å². The lowest BCUT2D eigenvalue weighted by Gasteiger charge is -2.35. The Kier molecular flexibility index (Phi) is 4.23. The fourth-order valence-electron chi connectivity index (χ4n) is 3.18. The first-order chi connectivity index (χ1) is 10.4. The minimum Gasteiger partial charge on any atom is -0.352 e. The summed E-state index contributed by atoms with van der Waals surface area (Å²) < 4.78 is 0.867. The van der Waals surface area contributed by atoms with Gasteiger partial charge in [-0.3, -0.25) is 4.79 Å². The van der Waals surface area contributed by atoms with Gasteiger partial charge in [0.2, 0.25) is 0 Å². The molecular formula is C16H21BrN4O. The van der Waals surface area contributed by atoms with Crippen LogP contribution in [0.15, 0.2) is 22.9 Å². The maximum Gasteiger partial charge on any atom is 0.253 e. The van der Waals surface area contributed by atoms with Gasteiger partial charge in [0, 0.05) is 35.3 Å². The van der Waals surface area contributed by atoms with Crippen molar-refractivity contribution in [1.29, 1.82) is 0 Å². The standard InChI is InChI=1S/C16H21BrN4O/c1-16(2)4-10(5-18-9-16)6-21-15(22)13-8-20-14-12(13)3-11(17)7-19-14/h3,7-8,10,18H,4-6,9H2,1-2H3,(H,19,20)(H,21,22). The molecule has 1 fully saturated rings. The number of halogens is 1. The Bertz CT molecular complexity index is 695. The van der Waals surface area contributed by atoms with Crippen LogP contribution in [0, 0.1) is 11.3 Å². The zero-order chi connectivity index (χ0) is 15.7. The molecule has 0 radical (unpaired) electrons. The molecule has 3 heterocycles. The van der Waals surface area contributed by atoms with Gasteiger partial charge in [0.05, 0.1) is 5.56 Å². The largest absolute Gasteiger partial charge is 0.352 e. The van der Waals surface area contributed by atoms with Crippen molar-refractivity contribution in [2.24, 2.45) is 11.3 Å². The Morgan fingerprint density at radius 2 is 2.36 bits per heavy atom. The number of H-pyrrole nitrogens is 1. The van der Waals surface area contributed by atoms with Crippen molar-refractivity contribution in [3.63, 3.8) is 0 Å². The minimum atomic E-state index is -0.0467. The highest BCUT2D eigenvalue weighted by atomic mass is 79.9. The van der Waals surface area contributed by atoms with E-state index in [0.717, 1.165) is 35.0 Å². The first-order valence-electron chi connectivity index (χ1n) is 7.56. The summed E-state index contributed by atoms with van der Waals surface area (Å²) in [7, 11) is 0. The van der Waals surface area contributed by atoms with E-state index in [2.05, 4.69) is 50.4 Å². The van der Waals surface area contributed by atoms with Crippen LogP contribution in [-0.4, -0.2) is 35.5 Å². The molecule has 6 heteroatoms. The minimum absolute atomic E-state index is 0.0467. The third-order valence-electron chi connectivity index (χ3n) is 4.17. The Morgan fingerprint density at radius 3 is 3.14 bits per heavy atom. The lowest BCUT2D eigenvalue weighted by atomic mass is 9.79. The number of carbonyl (C=O) groups excluding carboxylic acids is 1. The maximum absolute atomic E-state index is 12.4. The number of amides is 1. The van der Waals surface area contributed by atoms with Crippen LogP contribution in [0.2, 0.25) is 0 Å². The second-order valence-electron chi connectivity index (χ2n) is 6.83. The summed E-state index contributed by atoms with van der Waals surface area (Å²) in [6, 6.07) is 1.92. The molecule has 1 unspecified atom stereocenters. The number of hydrogen-bond donors (Lipinski definition) is 3. The van der Waals surface area contributed by atoms with Gasteiger partial charge in [-0.05, 0) is 46.3 Å². The van der Waals surface area contributed by atoms with E-state index in [1.54, 1.807) is 12.4 Å². The van der Waals surface area contributed by atoms with E-state index in [4.69, 9.17) is 0 Å². The molecule has 3 rings (SSSR count). The van der Waals surface area contributed by atoms with Crippen molar-refractivity contribution in [1.82, 2.24) is 20.6 Å². The van der Waals surface area contributed by atoms with Gasteiger partial charge in [0.1, 0.15) is 5.65 Å². The van der Waals surface area contributed by atoms with Crippen molar-refractivity contribution >= 4 is 32.9 Å². The summed E-state index contributed by atoms with van der Waals surface area (Å²) in [4.78, 5) is 19.7. The number of piperidine rings is 1. The van der Waals surface area contributed by atoms with Crippen molar-refractivity contribution in [3.8, 4) is 0 Å². The molecule has 3 N–H and O–H groups in total. The van der Waals surface area contributed by atoms with Gasteiger partial charge < -0.3 is 15.6 Å². The lowest BCUT2D eigenvalue weighted by Crippen LogP contribution is -2.45. The fourth-order valence-corrected chi connectivity index (χ4v) is 3.51. The highest BCUT2D eigenvalue weighted by Crippen LogP contribution is 2.27. The zero-order valence-corrected chi connectivity index (χ0v) is 14.5. The van der Waals surface area contributed by atoms with E-state index in [-0.39, 0.29) is 5.91 Å². The first kappa shape index (κ1) is 15.5. The van der Waals surface area contributed by atoms with E-state index >= 15 is 0 Å². The third kappa shape index (κ3) is 3.33. The average Bonchev–Trinajstić information content (AvgIpc) is 2.87. The maximum atomic E-state index is 12.4. The number of fused-ring (bicyclic) bond motifs is 1.